The van der Waals surface area contributed by atoms with E-state index in [4.69, 9.17) is 11.6 Å². The maximum atomic E-state index is 10.6. The first-order valence-electron chi connectivity index (χ1n) is 5.77. The SMILES string of the molecule is O=[N+]([O-])c1nn(CCC2CCCCN2)cc1Cl. The van der Waals surface area contributed by atoms with Crippen molar-refractivity contribution in [3.8, 4) is 0 Å². The third kappa shape index (κ3) is 3.17. The topological polar surface area (TPSA) is 73.0 Å². The van der Waals surface area contributed by atoms with E-state index in [9.17, 15) is 10.1 Å². The van der Waals surface area contributed by atoms with Crippen molar-refractivity contribution in [1.29, 1.82) is 0 Å². The van der Waals surface area contributed by atoms with Gasteiger partial charge in [-0.3, -0.25) is 0 Å². The number of hydrogen-bond acceptors (Lipinski definition) is 4. The van der Waals surface area contributed by atoms with Gasteiger partial charge in [-0.15, -0.1) is 0 Å². The van der Waals surface area contributed by atoms with E-state index < -0.39 is 4.92 Å². The lowest BCUT2D eigenvalue weighted by Gasteiger charge is -2.22. The standard InChI is InChI=1S/C10H15ClN4O2/c11-9-7-14(13-10(9)15(16)17)6-4-8-3-1-2-5-12-8/h7-8,12H,1-6H2. The summed E-state index contributed by atoms with van der Waals surface area (Å²) >= 11 is 5.72. The van der Waals surface area contributed by atoms with Crippen LogP contribution in [0.4, 0.5) is 5.82 Å². The lowest BCUT2D eigenvalue weighted by atomic mass is 10.0. The molecular weight excluding hydrogens is 244 g/mol. The molecule has 17 heavy (non-hydrogen) atoms. The first kappa shape index (κ1) is 12.3. The summed E-state index contributed by atoms with van der Waals surface area (Å²) in [6.07, 6.45) is 6.09. The quantitative estimate of drug-likeness (QED) is 0.662. The van der Waals surface area contributed by atoms with Gasteiger partial charge in [0.2, 0.25) is 0 Å². The molecule has 1 aromatic heterocycles. The van der Waals surface area contributed by atoms with Gasteiger partial charge in [0.15, 0.2) is 5.02 Å². The molecule has 1 fully saturated rings. The van der Waals surface area contributed by atoms with Crippen LogP contribution in [0.3, 0.4) is 0 Å². The number of halogens is 1. The molecule has 0 amide bonds. The van der Waals surface area contributed by atoms with Gasteiger partial charge in [0.1, 0.15) is 0 Å². The summed E-state index contributed by atoms with van der Waals surface area (Å²) < 4.78 is 1.55. The van der Waals surface area contributed by atoms with E-state index in [2.05, 4.69) is 10.4 Å². The van der Waals surface area contributed by atoms with Crippen molar-refractivity contribution in [2.24, 2.45) is 0 Å². The molecule has 1 unspecified atom stereocenters. The fraction of sp³-hybridized carbons (Fsp3) is 0.700. The van der Waals surface area contributed by atoms with Gasteiger partial charge in [0, 0.05) is 6.04 Å². The summed E-state index contributed by atoms with van der Waals surface area (Å²) in [4.78, 5) is 10.0. The molecule has 1 saturated heterocycles. The van der Waals surface area contributed by atoms with E-state index in [-0.39, 0.29) is 10.8 Å². The van der Waals surface area contributed by atoms with Gasteiger partial charge in [0.25, 0.3) is 0 Å². The maximum absolute atomic E-state index is 10.6. The molecule has 0 aliphatic carbocycles. The number of nitrogens with zero attached hydrogens (tertiary/aromatic N) is 3. The van der Waals surface area contributed by atoms with Gasteiger partial charge >= 0.3 is 5.82 Å². The molecule has 1 aromatic rings. The predicted molar refractivity (Wildman–Crippen MR) is 64.2 cm³/mol. The van der Waals surface area contributed by atoms with Crippen LogP contribution in [0.2, 0.25) is 5.02 Å². The van der Waals surface area contributed by atoms with Crippen LogP contribution in [-0.4, -0.2) is 27.3 Å². The number of nitrogens with one attached hydrogen (secondary N) is 1. The molecule has 0 aromatic carbocycles. The largest absolute Gasteiger partial charge is 0.408 e. The highest BCUT2D eigenvalue weighted by Gasteiger charge is 2.20. The first-order valence-corrected chi connectivity index (χ1v) is 6.15. The predicted octanol–water partition coefficient (Wildman–Crippen LogP) is 1.98. The zero-order valence-electron chi connectivity index (χ0n) is 9.43. The highest BCUT2D eigenvalue weighted by molar-refractivity contribution is 6.32. The average molecular weight is 259 g/mol. The number of hydrogen-bond donors (Lipinski definition) is 1. The molecule has 7 heteroatoms. The number of aromatic nitrogens is 2. The van der Waals surface area contributed by atoms with Crippen molar-refractivity contribution in [2.75, 3.05) is 6.54 Å². The van der Waals surface area contributed by atoms with Crippen molar-refractivity contribution in [1.82, 2.24) is 15.1 Å². The van der Waals surface area contributed by atoms with Crippen LogP contribution < -0.4 is 5.32 Å². The van der Waals surface area contributed by atoms with E-state index in [1.165, 1.54) is 19.0 Å². The molecule has 1 aliphatic heterocycles. The highest BCUT2D eigenvalue weighted by atomic mass is 35.5. The molecule has 2 heterocycles. The Morgan fingerprint density at radius 1 is 1.65 bits per heavy atom. The Labute approximate surface area is 104 Å². The summed E-state index contributed by atoms with van der Waals surface area (Å²) in [5.74, 6) is -0.261. The molecule has 6 nitrogen and oxygen atoms in total. The van der Waals surface area contributed by atoms with Crippen molar-refractivity contribution >= 4 is 17.4 Å². The minimum absolute atomic E-state index is 0.103. The van der Waals surface area contributed by atoms with E-state index >= 15 is 0 Å². The summed E-state index contributed by atoms with van der Waals surface area (Å²) in [6, 6.07) is 0.491. The van der Waals surface area contributed by atoms with Gasteiger partial charge in [0.05, 0.1) is 17.8 Å². The number of aryl methyl sites for hydroxylation is 1. The Bertz CT molecular complexity index is 401. The Balaban J connectivity index is 1.90. The summed E-state index contributed by atoms with van der Waals surface area (Å²) in [6.45, 7) is 1.72. The van der Waals surface area contributed by atoms with E-state index in [0.717, 1.165) is 19.4 Å². The molecule has 1 atom stereocenters. The van der Waals surface area contributed by atoms with Gasteiger partial charge < -0.3 is 15.4 Å². The normalized spacial score (nSPS) is 20.4. The van der Waals surface area contributed by atoms with Gasteiger partial charge in [-0.2, -0.15) is 4.68 Å². The molecule has 0 radical (unpaired) electrons. The van der Waals surface area contributed by atoms with E-state index in [1.54, 1.807) is 4.68 Å². The van der Waals surface area contributed by atoms with Crippen molar-refractivity contribution in [3.05, 3.63) is 21.3 Å². The van der Waals surface area contributed by atoms with Crippen LogP contribution in [0.1, 0.15) is 25.7 Å². The first-order chi connectivity index (χ1) is 8.16. The molecule has 0 bridgehead atoms. The molecule has 94 valence electrons. The number of nitro groups is 1. The number of piperidine rings is 1. The molecule has 0 saturated carbocycles. The molecule has 2 rings (SSSR count). The van der Waals surface area contributed by atoms with E-state index in [1.807, 2.05) is 0 Å². The fourth-order valence-electron chi connectivity index (χ4n) is 2.08. The third-order valence-electron chi connectivity index (χ3n) is 2.99. The van der Waals surface area contributed by atoms with E-state index in [0.29, 0.717) is 12.6 Å². The van der Waals surface area contributed by atoms with Crippen LogP contribution in [0, 0.1) is 10.1 Å². The second kappa shape index (κ2) is 5.46. The Kier molecular flexibility index (Phi) is 3.96. The zero-order valence-corrected chi connectivity index (χ0v) is 10.2. The smallest absolute Gasteiger partial charge is 0.358 e. The Hall–Kier alpha value is -1.14. The van der Waals surface area contributed by atoms with Crippen molar-refractivity contribution in [2.45, 2.75) is 38.3 Å². The zero-order chi connectivity index (χ0) is 12.3. The van der Waals surface area contributed by atoms with Gasteiger partial charge in [-0.05, 0) is 30.7 Å². The summed E-state index contributed by atoms with van der Waals surface area (Å²) in [5, 5.41) is 18.0. The second-order valence-corrected chi connectivity index (χ2v) is 4.66. The summed E-state index contributed by atoms with van der Waals surface area (Å²) in [7, 11) is 0. The third-order valence-corrected chi connectivity index (χ3v) is 3.26. The minimum Gasteiger partial charge on any atom is -0.358 e. The Morgan fingerprint density at radius 2 is 2.47 bits per heavy atom. The van der Waals surface area contributed by atoms with Crippen LogP contribution in [0.25, 0.3) is 0 Å². The summed E-state index contributed by atoms with van der Waals surface area (Å²) in [5.41, 5.74) is 0. The lowest BCUT2D eigenvalue weighted by Crippen LogP contribution is -2.34. The van der Waals surface area contributed by atoms with Crippen LogP contribution >= 0.6 is 11.6 Å². The highest BCUT2D eigenvalue weighted by Crippen LogP contribution is 2.21. The fourth-order valence-corrected chi connectivity index (χ4v) is 2.30. The monoisotopic (exact) mass is 258 g/mol. The number of rotatable bonds is 4. The van der Waals surface area contributed by atoms with Crippen LogP contribution in [-0.2, 0) is 6.54 Å². The molecule has 0 spiro atoms. The minimum atomic E-state index is -0.558. The molecule has 1 aliphatic rings. The van der Waals surface area contributed by atoms with Gasteiger partial charge in [-0.1, -0.05) is 18.0 Å². The maximum Gasteiger partial charge on any atom is 0.408 e. The van der Waals surface area contributed by atoms with Gasteiger partial charge in [-0.25, -0.2) is 0 Å². The molecule has 1 N–H and O–H groups in total. The Morgan fingerprint density at radius 3 is 3.06 bits per heavy atom. The lowest BCUT2D eigenvalue weighted by molar-refractivity contribution is -0.389. The average Bonchev–Trinajstić information content (AvgIpc) is 2.69. The molecular formula is C10H15ClN4O2. The second-order valence-electron chi connectivity index (χ2n) is 4.26. The van der Waals surface area contributed by atoms with Crippen LogP contribution in [0.5, 0.6) is 0 Å². The van der Waals surface area contributed by atoms with Crippen molar-refractivity contribution in [3.63, 3.8) is 0 Å². The van der Waals surface area contributed by atoms with Crippen molar-refractivity contribution < 1.29 is 4.92 Å². The van der Waals surface area contributed by atoms with Crippen LogP contribution in [0.15, 0.2) is 6.20 Å².